The molecule has 0 radical (unpaired) electrons. The average Bonchev–Trinajstić information content (AvgIpc) is 3.18. The van der Waals surface area contributed by atoms with Gasteiger partial charge in [0.25, 0.3) is 0 Å². The van der Waals surface area contributed by atoms with Crippen molar-refractivity contribution in [2.45, 2.75) is 6.54 Å². The van der Waals surface area contributed by atoms with Crippen LogP contribution in [0.4, 0.5) is 0 Å². The minimum atomic E-state index is 0.591. The molecule has 0 saturated heterocycles. The fraction of sp³-hybridized carbons (Fsp3) is 0.176. The highest BCUT2D eigenvalue weighted by atomic mass is 16.5. The van der Waals surface area contributed by atoms with E-state index in [0.717, 1.165) is 22.7 Å². The third-order valence-electron chi connectivity index (χ3n) is 3.45. The van der Waals surface area contributed by atoms with E-state index in [1.807, 2.05) is 77.5 Å². The number of methoxy groups -OCH3 is 1. The summed E-state index contributed by atoms with van der Waals surface area (Å²) in [6.07, 6.45) is 7.74. The molecular weight excluding hydrogens is 276 g/mol. The summed E-state index contributed by atoms with van der Waals surface area (Å²) in [7, 11) is 3.60. The Kier molecular flexibility index (Phi) is 4.05. The number of hydrogen-bond donors (Lipinski definition) is 0. The number of hydrogen-bond acceptors (Lipinski definition) is 3. The maximum absolute atomic E-state index is 5.14. The quantitative estimate of drug-likeness (QED) is 0.679. The molecule has 0 aliphatic carbocycles. The van der Waals surface area contributed by atoms with E-state index >= 15 is 0 Å². The Morgan fingerprint density at radius 2 is 1.91 bits per heavy atom. The van der Waals surface area contributed by atoms with Crippen molar-refractivity contribution in [2.75, 3.05) is 7.11 Å². The molecule has 2 aromatic heterocycles. The first-order valence-electron chi connectivity index (χ1n) is 7.06. The lowest BCUT2D eigenvalue weighted by molar-refractivity contribution is 0.415. The van der Waals surface area contributed by atoms with Crippen molar-refractivity contribution < 1.29 is 4.74 Å². The standard InChI is InChI=1S/C17H18N4O/c1-20-17(21-9-3-4-10-21)15(13-19-20)12-18-11-14-5-7-16(22-2)8-6-14/h3-11,13H,12H2,1-2H3. The number of nitrogens with zero attached hydrogens (tertiary/aromatic N) is 4. The summed E-state index contributed by atoms with van der Waals surface area (Å²) in [4.78, 5) is 4.52. The molecule has 112 valence electrons. The molecule has 0 fully saturated rings. The predicted octanol–water partition coefficient (Wildman–Crippen LogP) is 2.84. The minimum Gasteiger partial charge on any atom is -0.497 e. The SMILES string of the molecule is COc1ccc(C=NCc2cnn(C)c2-n2cccc2)cc1. The van der Waals surface area contributed by atoms with Crippen LogP contribution in [0.1, 0.15) is 11.1 Å². The van der Waals surface area contributed by atoms with E-state index < -0.39 is 0 Å². The first-order chi connectivity index (χ1) is 10.8. The van der Waals surface area contributed by atoms with Crippen molar-refractivity contribution in [1.82, 2.24) is 14.3 Å². The summed E-state index contributed by atoms with van der Waals surface area (Å²) in [5.74, 6) is 1.89. The molecule has 0 spiro atoms. The Hall–Kier alpha value is -2.82. The van der Waals surface area contributed by atoms with Gasteiger partial charge in [0.1, 0.15) is 11.6 Å². The molecule has 0 saturated carbocycles. The fourth-order valence-electron chi connectivity index (χ4n) is 2.34. The molecule has 2 heterocycles. The van der Waals surface area contributed by atoms with Crippen molar-refractivity contribution in [3.8, 4) is 11.6 Å². The normalized spacial score (nSPS) is 11.2. The van der Waals surface area contributed by atoms with E-state index in [4.69, 9.17) is 4.74 Å². The predicted molar refractivity (Wildman–Crippen MR) is 86.8 cm³/mol. The van der Waals surface area contributed by atoms with Crippen molar-refractivity contribution in [3.05, 3.63) is 66.1 Å². The van der Waals surface area contributed by atoms with Gasteiger partial charge in [0, 0.05) is 31.2 Å². The van der Waals surface area contributed by atoms with Crippen LogP contribution in [-0.4, -0.2) is 27.7 Å². The zero-order valence-electron chi connectivity index (χ0n) is 12.7. The second-order valence-electron chi connectivity index (χ2n) is 4.95. The van der Waals surface area contributed by atoms with Crippen molar-refractivity contribution >= 4 is 6.21 Å². The van der Waals surface area contributed by atoms with Crippen LogP contribution in [-0.2, 0) is 13.6 Å². The van der Waals surface area contributed by atoms with Crippen LogP contribution in [0.2, 0.25) is 0 Å². The van der Waals surface area contributed by atoms with Gasteiger partial charge in [-0.1, -0.05) is 0 Å². The van der Waals surface area contributed by atoms with Gasteiger partial charge in [0.05, 0.1) is 19.9 Å². The van der Waals surface area contributed by atoms with Gasteiger partial charge < -0.3 is 9.30 Å². The van der Waals surface area contributed by atoms with Gasteiger partial charge in [-0.05, 0) is 42.0 Å². The zero-order chi connectivity index (χ0) is 15.4. The third-order valence-corrected chi connectivity index (χ3v) is 3.45. The smallest absolute Gasteiger partial charge is 0.139 e. The van der Waals surface area contributed by atoms with Crippen molar-refractivity contribution in [2.24, 2.45) is 12.0 Å². The monoisotopic (exact) mass is 294 g/mol. The van der Waals surface area contributed by atoms with Crippen LogP contribution in [0, 0.1) is 0 Å². The summed E-state index contributed by atoms with van der Waals surface area (Å²) in [5, 5.41) is 4.33. The maximum Gasteiger partial charge on any atom is 0.139 e. The Balaban J connectivity index is 1.75. The average molecular weight is 294 g/mol. The molecule has 0 aliphatic heterocycles. The van der Waals surface area contributed by atoms with Gasteiger partial charge in [-0.2, -0.15) is 5.10 Å². The Morgan fingerprint density at radius 3 is 2.59 bits per heavy atom. The van der Waals surface area contributed by atoms with E-state index in [1.54, 1.807) is 7.11 Å². The Labute approximate surface area is 129 Å². The molecule has 0 unspecified atom stereocenters. The number of aliphatic imine (C=N–C) groups is 1. The highest BCUT2D eigenvalue weighted by Gasteiger charge is 2.08. The number of rotatable bonds is 5. The molecule has 22 heavy (non-hydrogen) atoms. The largest absolute Gasteiger partial charge is 0.497 e. The zero-order valence-corrected chi connectivity index (χ0v) is 12.7. The van der Waals surface area contributed by atoms with Gasteiger partial charge >= 0.3 is 0 Å². The fourth-order valence-corrected chi connectivity index (χ4v) is 2.34. The van der Waals surface area contributed by atoms with Crippen LogP contribution < -0.4 is 4.74 Å². The Bertz CT molecular complexity index is 755. The molecule has 0 atom stereocenters. The summed E-state index contributed by atoms with van der Waals surface area (Å²) >= 11 is 0. The highest BCUT2D eigenvalue weighted by molar-refractivity contribution is 5.79. The van der Waals surface area contributed by atoms with Crippen LogP contribution in [0.15, 0.2) is 60.0 Å². The van der Waals surface area contributed by atoms with Crippen LogP contribution in [0.3, 0.4) is 0 Å². The molecule has 5 heteroatoms. The number of aryl methyl sites for hydroxylation is 1. The van der Waals surface area contributed by atoms with E-state index in [9.17, 15) is 0 Å². The first-order valence-corrected chi connectivity index (χ1v) is 7.06. The summed E-state index contributed by atoms with van der Waals surface area (Å²) in [6.45, 7) is 0.591. The lowest BCUT2D eigenvalue weighted by atomic mass is 10.2. The number of ether oxygens (including phenoxy) is 1. The van der Waals surface area contributed by atoms with Gasteiger partial charge in [0.2, 0.25) is 0 Å². The molecule has 0 N–H and O–H groups in total. The van der Waals surface area contributed by atoms with Gasteiger partial charge in [0.15, 0.2) is 0 Å². The summed E-state index contributed by atoms with van der Waals surface area (Å²) < 4.78 is 9.05. The maximum atomic E-state index is 5.14. The lowest BCUT2D eigenvalue weighted by Crippen LogP contribution is -2.02. The van der Waals surface area contributed by atoms with E-state index in [-0.39, 0.29) is 0 Å². The second-order valence-corrected chi connectivity index (χ2v) is 4.95. The van der Waals surface area contributed by atoms with Gasteiger partial charge in [-0.3, -0.25) is 9.67 Å². The van der Waals surface area contributed by atoms with Crippen molar-refractivity contribution in [1.29, 1.82) is 0 Å². The van der Waals surface area contributed by atoms with E-state index in [2.05, 4.69) is 10.1 Å². The van der Waals surface area contributed by atoms with E-state index in [0.29, 0.717) is 6.54 Å². The molecule has 1 aromatic carbocycles. The molecule has 0 bridgehead atoms. The summed E-state index contributed by atoms with van der Waals surface area (Å²) in [6, 6.07) is 11.8. The molecule has 3 rings (SSSR count). The van der Waals surface area contributed by atoms with Crippen LogP contribution in [0.5, 0.6) is 5.75 Å². The molecule has 0 aliphatic rings. The first kappa shape index (κ1) is 14.1. The lowest BCUT2D eigenvalue weighted by Gasteiger charge is -2.05. The topological polar surface area (TPSA) is 44.3 Å². The molecule has 3 aromatic rings. The Morgan fingerprint density at radius 1 is 1.18 bits per heavy atom. The minimum absolute atomic E-state index is 0.591. The number of aromatic nitrogens is 3. The molecule has 5 nitrogen and oxygen atoms in total. The highest BCUT2D eigenvalue weighted by Crippen LogP contribution is 2.15. The number of benzene rings is 1. The van der Waals surface area contributed by atoms with Crippen LogP contribution >= 0.6 is 0 Å². The van der Waals surface area contributed by atoms with Gasteiger partial charge in [-0.15, -0.1) is 0 Å². The van der Waals surface area contributed by atoms with Crippen LogP contribution in [0.25, 0.3) is 5.82 Å². The third kappa shape index (κ3) is 2.93. The van der Waals surface area contributed by atoms with Gasteiger partial charge in [-0.25, -0.2) is 0 Å². The molecule has 0 amide bonds. The molecular formula is C17H18N4O. The van der Waals surface area contributed by atoms with E-state index in [1.165, 1.54) is 0 Å². The summed E-state index contributed by atoms with van der Waals surface area (Å²) in [5.41, 5.74) is 2.13. The van der Waals surface area contributed by atoms with Crippen molar-refractivity contribution in [3.63, 3.8) is 0 Å². The second kappa shape index (κ2) is 6.30.